The minimum Gasteiger partial charge on any atom is -0.313 e. The lowest BCUT2D eigenvalue weighted by Crippen LogP contribution is -2.37. The highest BCUT2D eigenvalue weighted by atomic mass is 35.5. The first-order chi connectivity index (χ1) is 10.6. The molecule has 1 atom stereocenters. The number of hydrogen-bond acceptors (Lipinski definition) is 3. The quantitative estimate of drug-likeness (QED) is 0.939. The summed E-state index contributed by atoms with van der Waals surface area (Å²) in [5, 5.41) is 12.4. The predicted octanol–water partition coefficient (Wildman–Crippen LogP) is 3.30. The third-order valence-electron chi connectivity index (χ3n) is 4.12. The lowest BCUT2D eigenvalue weighted by atomic mass is 10.1. The van der Waals surface area contributed by atoms with Crippen LogP contribution in [0.4, 0.5) is 4.39 Å². The average Bonchev–Trinajstić information content (AvgIpc) is 2.90. The monoisotopic (exact) mass is 322 g/mol. The van der Waals surface area contributed by atoms with E-state index in [1.54, 1.807) is 12.1 Å². The molecule has 2 heterocycles. The summed E-state index contributed by atoms with van der Waals surface area (Å²) in [6.07, 6.45) is 1.87. The van der Waals surface area contributed by atoms with Crippen LogP contribution < -0.4 is 5.32 Å². The van der Waals surface area contributed by atoms with E-state index in [1.807, 2.05) is 0 Å². The molecule has 22 heavy (non-hydrogen) atoms. The van der Waals surface area contributed by atoms with Crippen molar-refractivity contribution in [3.8, 4) is 0 Å². The molecule has 0 amide bonds. The van der Waals surface area contributed by atoms with Crippen LogP contribution in [0, 0.1) is 5.82 Å². The Morgan fingerprint density at radius 1 is 1.41 bits per heavy atom. The van der Waals surface area contributed by atoms with E-state index in [2.05, 4.69) is 33.9 Å². The Morgan fingerprint density at radius 3 is 2.95 bits per heavy atom. The van der Waals surface area contributed by atoms with E-state index >= 15 is 0 Å². The van der Waals surface area contributed by atoms with Crippen LogP contribution in [-0.2, 0) is 19.5 Å². The predicted molar refractivity (Wildman–Crippen MR) is 84.5 cm³/mol. The van der Waals surface area contributed by atoms with E-state index in [9.17, 15) is 4.39 Å². The number of rotatable bonds is 4. The molecule has 0 saturated heterocycles. The van der Waals surface area contributed by atoms with Crippen molar-refractivity contribution in [3.05, 3.63) is 46.3 Å². The molecule has 1 aromatic heterocycles. The molecule has 0 unspecified atom stereocenters. The van der Waals surface area contributed by atoms with Crippen LogP contribution in [0.5, 0.6) is 0 Å². The van der Waals surface area contributed by atoms with Gasteiger partial charge in [-0.05, 0) is 18.6 Å². The van der Waals surface area contributed by atoms with Crippen molar-refractivity contribution >= 4 is 11.6 Å². The van der Waals surface area contributed by atoms with E-state index in [-0.39, 0.29) is 11.9 Å². The highest BCUT2D eigenvalue weighted by molar-refractivity contribution is 6.31. The first-order valence-corrected chi connectivity index (χ1v) is 8.02. The van der Waals surface area contributed by atoms with E-state index in [0.717, 1.165) is 31.0 Å². The van der Waals surface area contributed by atoms with Gasteiger partial charge in [0.15, 0.2) is 0 Å². The molecular weight excluding hydrogens is 303 g/mol. The molecule has 0 radical (unpaired) electrons. The van der Waals surface area contributed by atoms with Gasteiger partial charge >= 0.3 is 0 Å². The summed E-state index contributed by atoms with van der Waals surface area (Å²) in [4.78, 5) is 0. The van der Waals surface area contributed by atoms with Crippen LogP contribution >= 0.6 is 11.6 Å². The maximum Gasteiger partial charge on any atom is 0.135 e. The molecule has 0 bridgehead atoms. The van der Waals surface area contributed by atoms with Gasteiger partial charge in [0.05, 0.1) is 0 Å². The Morgan fingerprint density at radius 2 is 2.23 bits per heavy atom. The smallest absolute Gasteiger partial charge is 0.135 e. The summed E-state index contributed by atoms with van der Waals surface area (Å²) in [6.45, 7) is 5.49. The van der Waals surface area contributed by atoms with E-state index < -0.39 is 0 Å². The van der Waals surface area contributed by atoms with E-state index in [0.29, 0.717) is 23.0 Å². The van der Waals surface area contributed by atoms with Crippen molar-refractivity contribution in [2.75, 3.05) is 0 Å². The molecule has 6 heteroatoms. The van der Waals surface area contributed by atoms with E-state index in [1.165, 1.54) is 6.07 Å². The largest absolute Gasteiger partial charge is 0.313 e. The second kappa shape index (κ2) is 6.34. The van der Waals surface area contributed by atoms with Crippen LogP contribution in [0.1, 0.15) is 43.4 Å². The zero-order valence-corrected chi connectivity index (χ0v) is 13.6. The van der Waals surface area contributed by atoms with E-state index in [4.69, 9.17) is 11.6 Å². The lowest BCUT2D eigenvalue weighted by molar-refractivity contribution is 0.368. The van der Waals surface area contributed by atoms with Gasteiger partial charge in [-0.15, -0.1) is 10.2 Å². The van der Waals surface area contributed by atoms with Gasteiger partial charge in [0, 0.05) is 42.1 Å². The number of nitrogens with zero attached hydrogens (tertiary/aromatic N) is 3. The maximum atomic E-state index is 13.8. The van der Waals surface area contributed by atoms with Crippen LogP contribution in [0.25, 0.3) is 0 Å². The molecular formula is C16H20ClFN4. The fourth-order valence-electron chi connectivity index (χ4n) is 2.89. The first kappa shape index (κ1) is 15.4. The van der Waals surface area contributed by atoms with Gasteiger partial charge in [0.1, 0.15) is 17.5 Å². The Balaban J connectivity index is 1.69. The third-order valence-corrected chi connectivity index (χ3v) is 4.48. The van der Waals surface area contributed by atoms with Gasteiger partial charge in [-0.3, -0.25) is 0 Å². The number of aromatic nitrogens is 3. The van der Waals surface area contributed by atoms with Crippen LogP contribution in [0.2, 0.25) is 5.02 Å². The zero-order valence-electron chi connectivity index (χ0n) is 12.8. The highest BCUT2D eigenvalue weighted by Gasteiger charge is 2.24. The zero-order chi connectivity index (χ0) is 15.7. The van der Waals surface area contributed by atoms with Crippen molar-refractivity contribution in [3.63, 3.8) is 0 Å². The molecule has 0 saturated carbocycles. The molecule has 2 aromatic rings. The molecule has 0 fully saturated rings. The van der Waals surface area contributed by atoms with Crippen molar-refractivity contribution in [2.45, 2.75) is 51.7 Å². The standard InChI is InChI=1S/C16H20ClFN4/c1-10(2)16-21-20-15-7-6-11(9-22(15)16)19-8-12-13(17)4-3-5-14(12)18/h3-5,10-11,19H,6-9H2,1-2H3/t11-/m1/s1. The Kier molecular flexibility index (Phi) is 4.45. The van der Waals surface area contributed by atoms with Crippen LogP contribution in [0.15, 0.2) is 18.2 Å². The molecule has 3 rings (SSSR count). The highest BCUT2D eigenvalue weighted by Crippen LogP contribution is 2.22. The van der Waals surface area contributed by atoms with Gasteiger partial charge < -0.3 is 9.88 Å². The molecule has 1 aromatic carbocycles. The number of nitrogens with one attached hydrogen (secondary N) is 1. The molecule has 4 nitrogen and oxygen atoms in total. The normalized spacial score (nSPS) is 17.8. The van der Waals surface area contributed by atoms with Gasteiger partial charge in [-0.25, -0.2) is 4.39 Å². The summed E-state index contributed by atoms with van der Waals surface area (Å²) >= 11 is 6.07. The minimum atomic E-state index is -0.260. The molecule has 0 aliphatic carbocycles. The molecule has 118 valence electrons. The number of fused-ring (bicyclic) bond motifs is 1. The summed E-state index contributed by atoms with van der Waals surface area (Å²) in [5.74, 6) is 2.15. The fraction of sp³-hybridized carbons (Fsp3) is 0.500. The van der Waals surface area contributed by atoms with Crippen molar-refractivity contribution in [1.82, 2.24) is 20.1 Å². The second-order valence-corrected chi connectivity index (χ2v) is 6.46. The Hall–Kier alpha value is -1.46. The molecule has 1 N–H and O–H groups in total. The SMILES string of the molecule is CC(C)c1nnc2n1C[C@H](NCc1c(F)cccc1Cl)CC2. The summed E-state index contributed by atoms with van der Waals surface area (Å²) < 4.78 is 16.0. The summed E-state index contributed by atoms with van der Waals surface area (Å²) in [6, 6.07) is 5.06. The first-order valence-electron chi connectivity index (χ1n) is 7.64. The van der Waals surface area contributed by atoms with Gasteiger partial charge in [0.25, 0.3) is 0 Å². The van der Waals surface area contributed by atoms with Crippen molar-refractivity contribution < 1.29 is 4.39 Å². The van der Waals surface area contributed by atoms with Crippen LogP contribution in [0.3, 0.4) is 0 Å². The topological polar surface area (TPSA) is 42.7 Å². The summed E-state index contributed by atoms with van der Waals surface area (Å²) in [5.41, 5.74) is 0.530. The molecule has 1 aliphatic rings. The van der Waals surface area contributed by atoms with Gasteiger partial charge in [-0.2, -0.15) is 0 Å². The number of aryl methyl sites for hydroxylation is 1. The fourth-order valence-corrected chi connectivity index (χ4v) is 3.12. The van der Waals surface area contributed by atoms with Crippen molar-refractivity contribution in [2.24, 2.45) is 0 Å². The molecule has 1 aliphatic heterocycles. The average molecular weight is 323 g/mol. The summed E-state index contributed by atoms with van der Waals surface area (Å²) in [7, 11) is 0. The Labute approximate surface area is 134 Å². The number of halogens is 2. The number of hydrogen-bond donors (Lipinski definition) is 1. The van der Waals surface area contributed by atoms with Crippen LogP contribution in [-0.4, -0.2) is 20.8 Å². The maximum absolute atomic E-state index is 13.8. The van der Waals surface area contributed by atoms with Gasteiger partial charge in [0.2, 0.25) is 0 Å². The molecule has 0 spiro atoms. The van der Waals surface area contributed by atoms with Crippen molar-refractivity contribution in [1.29, 1.82) is 0 Å². The lowest BCUT2D eigenvalue weighted by Gasteiger charge is -2.26. The van der Waals surface area contributed by atoms with Gasteiger partial charge in [-0.1, -0.05) is 31.5 Å². The third kappa shape index (κ3) is 3.01. The second-order valence-electron chi connectivity index (χ2n) is 6.06. The number of benzene rings is 1. The Bertz CT molecular complexity index is 648. The minimum absolute atomic E-state index is 0.260.